The van der Waals surface area contributed by atoms with Crippen molar-refractivity contribution < 1.29 is 28.6 Å². The van der Waals surface area contributed by atoms with Gasteiger partial charge in [-0.25, -0.2) is 19.4 Å². The van der Waals surface area contributed by atoms with Gasteiger partial charge in [-0.3, -0.25) is 0 Å². The molecule has 0 saturated carbocycles. The summed E-state index contributed by atoms with van der Waals surface area (Å²) in [6.07, 6.45) is 1.12. The summed E-state index contributed by atoms with van der Waals surface area (Å²) in [5.74, 6) is -3.23. The quantitative estimate of drug-likeness (QED) is 0.422. The number of hydrogen-bond acceptors (Lipinski definition) is 9. The first-order valence-electron chi connectivity index (χ1n) is 7.60. The number of methoxy groups -OCH3 is 1. The Balaban J connectivity index is 3.47. The van der Waals surface area contributed by atoms with Crippen molar-refractivity contribution in [1.29, 1.82) is 0 Å². The lowest BCUT2D eigenvalue weighted by molar-refractivity contribution is -0.169. The lowest BCUT2D eigenvalue weighted by Crippen LogP contribution is -2.67. The van der Waals surface area contributed by atoms with Crippen molar-refractivity contribution in [3.05, 3.63) is 12.0 Å². The molecular weight excluding hydrogens is 330 g/mol. The lowest BCUT2D eigenvalue weighted by atomic mass is 9.91. The van der Waals surface area contributed by atoms with Crippen molar-refractivity contribution in [2.45, 2.75) is 58.3 Å². The molecule has 1 aliphatic heterocycles. The van der Waals surface area contributed by atoms with Crippen LogP contribution in [0.2, 0.25) is 0 Å². The van der Waals surface area contributed by atoms with Gasteiger partial charge in [0.05, 0.1) is 7.11 Å². The Morgan fingerprint density at radius 2 is 1.56 bits per heavy atom. The fourth-order valence-corrected chi connectivity index (χ4v) is 1.92. The van der Waals surface area contributed by atoms with E-state index in [9.17, 15) is 14.4 Å². The molecule has 25 heavy (non-hydrogen) atoms. The third-order valence-corrected chi connectivity index (χ3v) is 2.82. The average Bonchev–Trinajstić information content (AvgIpc) is 2.42. The number of esters is 3. The highest BCUT2D eigenvalue weighted by atomic mass is 16.6. The Morgan fingerprint density at radius 1 is 1.04 bits per heavy atom. The zero-order valence-corrected chi connectivity index (χ0v) is 15.6. The van der Waals surface area contributed by atoms with Crippen LogP contribution in [0.3, 0.4) is 0 Å². The monoisotopic (exact) mass is 355 g/mol. The van der Waals surface area contributed by atoms with E-state index in [0.29, 0.717) is 0 Å². The van der Waals surface area contributed by atoms with E-state index in [2.05, 4.69) is 10.3 Å². The van der Waals surface area contributed by atoms with Gasteiger partial charge in [-0.05, 0) is 41.5 Å². The SMILES string of the molecule is COC(=O)C1(C(=O)OC(C)(C)C)NC=C(N)N=C1C(=O)OC(C)(C)C. The first kappa shape index (κ1) is 20.5. The summed E-state index contributed by atoms with van der Waals surface area (Å²) in [6.45, 7) is 9.75. The van der Waals surface area contributed by atoms with E-state index in [1.807, 2.05) is 0 Å². The Labute approximate surface area is 146 Å². The number of nitrogens with two attached hydrogens (primary N) is 1. The number of rotatable bonds is 3. The molecule has 0 spiro atoms. The van der Waals surface area contributed by atoms with Gasteiger partial charge in [0.15, 0.2) is 5.71 Å². The molecule has 1 heterocycles. The number of hydrogen-bond donors (Lipinski definition) is 2. The Morgan fingerprint density at radius 3 is 2.00 bits per heavy atom. The summed E-state index contributed by atoms with van der Waals surface area (Å²) in [6, 6.07) is 0. The standard InChI is InChI=1S/C16H25N3O6/c1-14(2,3)24-11(20)10-16(12(21)23-7,18-8-9(17)19-10)13(22)25-15(4,5)6/h8,18H,17H2,1-7H3. The minimum atomic E-state index is -2.31. The van der Waals surface area contributed by atoms with E-state index in [4.69, 9.17) is 19.9 Å². The number of ether oxygens (including phenoxy) is 3. The third kappa shape index (κ3) is 4.71. The lowest BCUT2D eigenvalue weighted by Gasteiger charge is -2.34. The minimum Gasteiger partial charge on any atom is -0.467 e. The van der Waals surface area contributed by atoms with E-state index in [0.717, 1.165) is 13.3 Å². The van der Waals surface area contributed by atoms with E-state index < -0.39 is 40.4 Å². The molecule has 0 saturated heterocycles. The summed E-state index contributed by atoms with van der Waals surface area (Å²) in [7, 11) is 1.07. The van der Waals surface area contributed by atoms with Gasteiger partial charge in [0, 0.05) is 6.20 Å². The summed E-state index contributed by atoms with van der Waals surface area (Å²) >= 11 is 0. The van der Waals surface area contributed by atoms with Crippen LogP contribution >= 0.6 is 0 Å². The number of carbonyl (C=O) groups excluding carboxylic acids is 3. The van der Waals surface area contributed by atoms with E-state index in [-0.39, 0.29) is 5.82 Å². The summed E-state index contributed by atoms with van der Waals surface area (Å²) in [4.78, 5) is 41.7. The van der Waals surface area contributed by atoms with Gasteiger partial charge in [-0.2, -0.15) is 0 Å². The molecule has 3 N–H and O–H groups in total. The molecular formula is C16H25N3O6. The van der Waals surface area contributed by atoms with Gasteiger partial charge in [0.25, 0.3) is 5.54 Å². The summed E-state index contributed by atoms with van der Waals surface area (Å²) in [5.41, 5.74) is 0.943. The van der Waals surface area contributed by atoms with Crippen molar-refractivity contribution in [3.8, 4) is 0 Å². The molecule has 0 radical (unpaired) electrons. The number of nitrogens with zero attached hydrogens (tertiary/aromatic N) is 1. The van der Waals surface area contributed by atoms with Crippen LogP contribution < -0.4 is 11.1 Å². The fourth-order valence-electron chi connectivity index (χ4n) is 1.92. The second-order valence-electron chi connectivity index (χ2n) is 7.42. The predicted molar refractivity (Wildman–Crippen MR) is 89.3 cm³/mol. The smallest absolute Gasteiger partial charge is 0.357 e. The van der Waals surface area contributed by atoms with Crippen molar-refractivity contribution in [2.75, 3.05) is 7.11 Å². The molecule has 0 aromatic rings. The molecule has 1 aliphatic rings. The molecule has 0 amide bonds. The van der Waals surface area contributed by atoms with Crippen LogP contribution in [0.15, 0.2) is 17.0 Å². The molecule has 140 valence electrons. The minimum absolute atomic E-state index is 0.107. The van der Waals surface area contributed by atoms with Crippen LogP contribution in [0.25, 0.3) is 0 Å². The highest BCUT2D eigenvalue weighted by Gasteiger charge is 2.58. The van der Waals surface area contributed by atoms with Gasteiger partial charge in [0.1, 0.15) is 17.0 Å². The molecule has 1 rings (SSSR count). The van der Waals surface area contributed by atoms with Crippen LogP contribution in [0.4, 0.5) is 0 Å². The third-order valence-electron chi connectivity index (χ3n) is 2.82. The van der Waals surface area contributed by atoms with Crippen molar-refractivity contribution in [2.24, 2.45) is 10.7 Å². The zero-order chi connectivity index (χ0) is 19.6. The molecule has 1 unspecified atom stereocenters. The van der Waals surface area contributed by atoms with Gasteiger partial charge in [0.2, 0.25) is 0 Å². The Bertz CT molecular complexity index is 639. The first-order valence-corrected chi connectivity index (χ1v) is 7.60. The largest absolute Gasteiger partial charge is 0.467 e. The molecule has 0 aliphatic carbocycles. The number of nitrogens with one attached hydrogen (secondary N) is 1. The van der Waals surface area contributed by atoms with Gasteiger partial charge in [-0.15, -0.1) is 0 Å². The average molecular weight is 355 g/mol. The Hall–Kier alpha value is -2.58. The van der Waals surface area contributed by atoms with E-state index in [1.54, 1.807) is 41.5 Å². The topological polar surface area (TPSA) is 129 Å². The van der Waals surface area contributed by atoms with Gasteiger partial charge in [-0.1, -0.05) is 0 Å². The maximum Gasteiger partial charge on any atom is 0.357 e. The highest BCUT2D eigenvalue weighted by molar-refractivity contribution is 6.50. The molecule has 0 fully saturated rings. The van der Waals surface area contributed by atoms with Gasteiger partial charge >= 0.3 is 17.9 Å². The van der Waals surface area contributed by atoms with Crippen LogP contribution in [-0.4, -0.2) is 47.5 Å². The predicted octanol–water partition coefficient (Wildman–Crippen LogP) is 0.383. The van der Waals surface area contributed by atoms with Crippen LogP contribution in [0, 0.1) is 0 Å². The van der Waals surface area contributed by atoms with Crippen molar-refractivity contribution in [1.82, 2.24) is 5.32 Å². The molecule has 1 atom stereocenters. The van der Waals surface area contributed by atoms with E-state index >= 15 is 0 Å². The van der Waals surface area contributed by atoms with Crippen LogP contribution in [0.1, 0.15) is 41.5 Å². The fraction of sp³-hybridized carbons (Fsp3) is 0.625. The van der Waals surface area contributed by atoms with E-state index in [1.165, 1.54) is 0 Å². The highest BCUT2D eigenvalue weighted by Crippen LogP contribution is 2.23. The summed E-state index contributed by atoms with van der Waals surface area (Å²) < 4.78 is 15.2. The zero-order valence-electron chi connectivity index (χ0n) is 15.6. The van der Waals surface area contributed by atoms with Crippen molar-refractivity contribution in [3.63, 3.8) is 0 Å². The second-order valence-corrected chi connectivity index (χ2v) is 7.42. The number of aliphatic imine (C=N–C) groups is 1. The van der Waals surface area contributed by atoms with Gasteiger partial charge < -0.3 is 25.3 Å². The molecule has 9 nitrogen and oxygen atoms in total. The maximum absolute atomic E-state index is 12.8. The maximum atomic E-state index is 12.8. The normalized spacial score (nSPS) is 20.6. The van der Waals surface area contributed by atoms with Crippen molar-refractivity contribution >= 4 is 23.6 Å². The second kappa shape index (κ2) is 6.73. The molecule has 9 heteroatoms. The molecule has 0 bridgehead atoms. The number of carbonyl (C=O) groups is 3. The van der Waals surface area contributed by atoms with Crippen LogP contribution in [0.5, 0.6) is 0 Å². The molecule has 0 aromatic heterocycles. The Kier molecular flexibility index (Phi) is 5.51. The van der Waals surface area contributed by atoms with Crippen LogP contribution in [-0.2, 0) is 28.6 Å². The summed E-state index contributed by atoms with van der Waals surface area (Å²) in [5, 5.41) is 2.50. The molecule has 0 aromatic carbocycles. The first-order chi connectivity index (χ1) is 11.2.